The van der Waals surface area contributed by atoms with Crippen molar-refractivity contribution < 1.29 is 19.1 Å². The molecule has 0 saturated heterocycles. The van der Waals surface area contributed by atoms with E-state index in [1.807, 2.05) is 49.4 Å². The van der Waals surface area contributed by atoms with Crippen LogP contribution < -0.4 is 19.3 Å². The van der Waals surface area contributed by atoms with Crippen LogP contribution in [0.3, 0.4) is 0 Å². The van der Waals surface area contributed by atoms with Crippen molar-refractivity contribution in [1.82, 2.24) is 0 Å². The van der Waals surface area contributed by atoms with E-state index < -0.39 is 6.17 Å². The number of fused-ring (bicyclic) bond motifs is 5. The second-order valence-corrected chi connectivity index (χ2v) is 7.35. The summed E-state index contributed by atoms with van der Waals surface area (Å²) in [5.41, 5.74) is 3.98. The number of ether oxygens (including phenoxy) is 2. The van der Waals surface area contributed by atoms with Crippen molar-refractivity contribution in [3.63, 3.8) is 0 Å². The fourth-order valence-electron chi connectivity index (χ4n) is 4.39. The van der Waals surface area contributed by atoms with Gasteiger partial charge in [-0.15, -0.1) is 0 Å². The molecule has 2 heterocycles. The third-order valence-electron chi connectivity index (χ3n) is 5.67. The number of aryl methyl sites for hydroxylation is 1. The lowest BCUT2D eigenvalue weighted by molar-refractivity contribution is 0.0948. The van der Waals surface area contributed by atoms with E-state index in [0.29, 0.717) is 33.9 Å². The van der Waals surface area contributed by atoms with Gasteiger partial charge >= 0.3 is 0 Å². The average Bonchev–Trinajstić information content (AvgIpc) is 3.06. The maximum atomic E-state index is 13.6. The second kappa shape index (κ2) is 6.62. The van der Waals surface area contributed by atoms with E-state index >= 15 is 0 Å². The normalized spacial score (nSPS) is 16.8. The topological polar surface area (TPSA) is 59.1 Å². The third-order valence-corrected chi connectivity index (χ3v) is 5.67. The minimum atomic E-state index is -0.600. The largest absolute Gasteiger partial charge is 0.493 e. The molecule has 0 radical (unpaired) electrons. The molecule has 0 fully saturated rings. The van der Waals surface area contributed by atoms with Crippen LogP contribution in [0.5, 0.6) is 11.5 Å². The van der Waals surface area contributed by atoms with Gasteiger partial charge in [-0.3, -0.25) is 19.4 Å². The van der Waals surface area contributed by atoms with Crippen molar-refractivity contribution in [2.24, 2.45) is 0 Å². The monoisotopic (exact) mass is 400 g/mol. The molecule has 0 aromatic heterocycles. The zero-order valence-corrected chi connectivity index (χ0v) is 16.9. The number of nitrogens with zero attached hydrogens (tertiary/aromatic N) is 2. The molecule has 30 heavy (non-hydrogen) atoms. The summed E-state index contributed by atoms with van der Waals surface area (Å²) in [5, 5.41) is 0. The molecule has 5 rings (SSSR count). The molecule has 2 amide bonds. The Morgan fingerprint density at radius 1 is 0.833 bits per heavy atom. The highest BCUT2D eigenvalue weighted by Gasteiger charge is 2.50. The number of amides is 2. The number of rotatable bonds is 3. The van der Waals surface area contributed by atoms with Crippen LogP contribution in [-0.2, 0) is 0 Å². The predicted octanol–water partition coefficient (Wildman–Crippen LogP) is 4.33. The highest BCUT2D eigenvalue weighted by molar-refractivity contribution is 6.22. The summed E-state index contributed by atoms with van der Waals surface area (Å²) >= 11 is 0. The van der Waals surface area contributed by atoms with E-state index in [2.05, 4.69) is 0 Å². The summed E-state index contributed by atoms with van der Waals surface area (Å²) in [5.74, 6) is 0.492. The van der Waals surface area contributed by atoms with E-state index in [1.54, 1.807) is 28.0 Å². The molecular weight excluding hydrogens is 380 g/mol. The number of hydrogen-bond donors (Lipinski definition) is 0. The molecule has 3 aromatic rings. The zero-order chi connectivity index (χ0) is 21.0. The molecular formula is C24H20N2O4. The SMILES string of the molecule is COc1ccc2c(c1OC)C(=O)N1c3ccccc3C(=O)N(c3cccc(C)c3)C21. The highest BCUT2D eigenvalue weighted by atomic mass is 16.5. The molecule has 0 N–H and O–H groups in total. The van der Waals surface area contributed by atoms with Crippen LogP contribution in [-0.4, -0.2) is 26.0 Å². The van der Waals surface area contributed by atoms with Gasteiger partial charge in [0.15, 0.2) is 11.5 Å². The molecule has 150 valence electrons. The predicted molar refractivity (Wildman–Crippen MR) is 114 cm³/mol. The minimum absolute atomic E-state index is 0.145. The van der Waals surface area contributed by atoms with E-state index in [9.17, 15) is 9.59 Å². The Labute approximate surface area is 174 Å². The van der Waals surface area contributed by atoms with Crippen LogP contribution in [0.15, 0.2) is 60.7 Å². The van der Waals surface area contributed by atoms with Crippen LogP contribution in [0.4, 0.5) is 11.4 Å². The number of hydrogen-bond acceptors (Lipinski definition) is 4. The van der Waals surface area contributed by atoms with E-state index in [0.717, 1.165) is 11.3 Å². The fraction of sp³-hybridized carbons (Fsp3) is 0.167. The molecule has 3 aromatic carbocycles. The van der Waals surface area contributed by atoms with Gasteiger partial charge < -0.3 is 9.47 Å². The lowest BCUT2D eigenvalue weighted by Crippen LogP contribution is -2.48. The molecule has 6 nitrogen and oxygen atoms in total. The van der Waals surface area contributed by atoms with Crippen molar-refractivity contribution in [2.75, 3.05) is 24.0 Å². The van der Waals surface area contributed by atoms with Gasteiger partial charge in [0.2, 0.25) is 0 Å². The summed E-state index contributed by atoms with van der Waals surface area (Å²) in [7, 11) is 3.05. The van der Waals surface area contributed by atoms with Crippen LogP contribution >= 0.6 is 0 Å². The summed E-state index contributed by atoms with van der Waals surface area (Å²) in [6, 6.07) is 18.5. The van der Waals surface area contributed by atoms with Gasteiger partial charge in [0, 0.05) is 11.3 Å². The number of carbonyl (C=O) groups is 2. The number of carbonyl (C=O) groups excluding carboxylic acids is 2. The molecule has 0 bridgehead atoms. The Hall–Kier alpha value is -3.80. The standard InChI is InChI=1S/C24H20N2O4/c1-14-7-6-8-15(13-14)25-22-17-11-12-19(29-2)21(30-3)20(17)24(28)26(22)18-10-5-4-9-16(18)23(25)27/h4-13,22H,1-3H3. The first-order valence-corrected chi connectivity index (χ1v) is 9.64. The van der Waals surface area contributed by atoms with Crippen LogP contribution in [0, 0.1) is 6.92 Å². The van der Waals surface area contributed by atoms with E-state index in [4.69, 9.17) is 9.47 Å². The van der Waals surface area contributed by atoms with Gasteiger partial charge in [-0.2, -0.15) is 0 Å². The molecule has 0 saturated carbocycles. The maximum absolute atomic E-state index is 13.6. The van der Waals surface area contributed by atoms with Crippen LogP contribution in [0.1, 0.15) is 38.0 Å². The summed E-state index contributed by atoms with van der Waals surface area (Å²) < 4.78 is 11.0. The highest BCUT2D eigenvalue weighted by Crippen LogP contribution is 2.50. The van der Waals surface area contributed by atoms with Gasteiger partial charge in [0.1, 0.15) is 6.17 Å². The van der Waals surface area contributed by atoms with E-state index in [1.165, 1.54) is 14.2 Å². The Bertz CT molecular complexity index is 1200. The maximum Gasteiger partial charge on any atom is 0.264 e. The molecule has 1 unspecified atom stereocenters. The fourth-order valence-corrected chi connectivity index (χ4v) is 4.39. The van der Waals surface area contributed by atoms with Crippen molar-refractivity contribution in [1.29, 1.82) is 0 Å². The van der Waals surface area contributed by atoms with Crippen molar-refractivity contribution in [3.8, 4) is 11.5 Å². The van der Waals surface area contributed by atoms with Crippen molar-refractivity contribution >= 4 is 23.2 Å². The Morgan fingerprint density at radius 2 is 1.63 bits per heavy atom. The molecule has 6 heteroatoms. The smallest absolute Gasteiger partial charge is 0.264 e. The number of benzene rings is 3. The van der Waals surface area contributed by atoms with Gasteiger partial charge in [-0.1, -0.05) is 30.3 Å². The first-order chi connectivity index (χ1) is 14.6. The number of methoxy groups -OCH3 is 2. The Morgan fingerprint density at radius 3 is 2.37 bits per heavy atom. The van der Waals surface area contributed by atoms with Gasteiger partial charge in [-0.05, 0) is 42.8 Å². The molecule has 0 spiro atoms. The lowest BCUT2D eigenvalue weighted by Gasteiger charge is -2.40. The van der Waals surface area contributed by atoms with Gasteiger partial charge in [-0.25, -0.2) is 0 Å². The number of anilines is 2. The molecule has 1 atom stereocenters. The van der Waals surface area contributed by atoms with Crippen molar-refractivity contribution in [2.45, 2.75) is 13.1 Å². The third kappa shape index (κ3) is 2.37. The van der Waals surface area contributed by atoms with E-state index in [-0.39, 0.29) is 11.8 Å². The molecule has 2 aliphatic heterocycles. The lowest BCUT2D eigenvalue weighted by atomic mass is 10.0. The van der Waals surface area contributed by atoms with Crippen LogP contribution in [0.2, 0.25) is 0 Å². The van der Waals surface area contributed by atoms with Crippen LogP contribution in [0.25, 0.3) is 0 Å². The average molecular weight is 400 g/mol. The quantitative estimate of drug-likeness (QED) is 0.657. The second-order valence-electron chi connectivity index (χ2n) is 7.35. The molecule has 2 aliphatic rings. The Balaban J connectivity index is 1.81. The Kier molecular flexibility index (Phi) is 4.03. The van der Waals surface area contributed by atoms with Gasteiger partial charge in [0.25, 0.3) is 11.8 Å². The zero-order valence-electron chi connectivity index (χ0n) is 16.9. The van der Waals surface area contributed by atoms with Crippen molar-refractivity contribution in [3.05, 3.63) is 82.9 Å². The molecule has 0 aliphatic carbocycles. The first-order valence-electron chi connectivity index (χ1n) is 9.64. The summed E-state index contributed by atoms with van der Waals surface area (Å²) in [6.45, 7) is 1.98. The van der Waals surface area contributed by atoms with Gasteiger partial charge in [0.05, 0.1) is 31.0 Å². The first kappa shape index (κ1) is 18.2. The summed E-state index contributed by atoms with van der Waals surface area (Å²) in [4.78, 5) is 30.6. The minimum Gasteiger partial charge on any atom is -0.493 e. The number of para-hydroxylation sites is 1. The summed E-state index contributed by atoms with van der Waals surface area (Å²) in [6.07, 6.45) is -0.600.